The molecule has 4 nitrogen and oxygen atoms in total. The number of phenols is 1. The Hall–Kier alpha value is -4.18. The molecule has 0 unspecified atom stereocenters. The maximum absolute atomic E-state index is 10.9. The van der Waals surface area contributed by atoms with E-state index in [0.29, 0.717) is 5.75 Å². The van der Waals surface area contributed by atoms with Crippen LogP contribution in [0.1, 0.15) is 11.1 Å². The first-order valence-electron chi connectivity index (χ1n) is 10.3. The number of rotatable bonds is 3. The summed E-state index contributed by atoms with van der Waals surface area (Å²) in [5.74, 6) is 0.341. The summed E-state index contributed by atoms with van der Waals surface area (Å²) in [4.78, 5) is 12.9. The molecule has 0 amide bonds. The fourth-order valence-corrected chi connectivity index (χ4v) is 2.80. The molecule has 1 aliphatic heterocycles. The monoisotopic (exact) mass is 423 g/mol. The summed E-state index contributed by atoms with van der Waals surface area (Å²) in [5, 5.41) is 9.15. The first kappa shape index (κ1) is 22.5. The zero-order chi connectivity index (χ0) is 22.8. The van der Waals surface area contributed by atoms with E-state index in [4.69, 9.17) is 5.11 Å². The molecular weight excluding hydrogens is 396 g/mol. The maximum atomic E-state index is 10.9. The van der Waals surface area contributed by atoms with Crippen molar-refractivity contribution in [3.05, 3.63) is 132 Å². The Labute approximate surface area is 189 Å². The van der Waals surface area contributed by atoms with Crippen molar-refractivity contribution in [2.75, 3.05) is 7.05 Å². The van der Waals surface area contributed by atoms with Crippen LogP contribution in [0.4, 0.5) is 0 Å². The van der Waals surface area contributed by atoms with Crippen LogP contribution in [-0.2, 0) is 11.8 Å². The standard InChI is InChI=1S/2C14H13NO/c2*1-15-10-8-13(9-11-15)3-2-12-4-6-14(16)7-5-12/h2*2-11H,1H3/p+1. The second kappa shape index (κ2) is 11.3. The molecular formula is C28H27N2O2+. The molecule has 1 N–H and O–H groups in total. The Morgan fingerprint density at radius 1 is 0.750 bits per heavy atom. The van der Waals surface area contributed by atoms with Gasteiger partial charge in [0.05, 0.1) is 0 Å². The third-order valence-corrected chi connectivity index (χ3v) is 4.72. The zero-order valence-corrected chi connectivity index (χ0v) is 18.3. The number of carbonyl (C=O) groups is 1. The smallest absolute Gasteiger partial charge is 0.178 e. The molecule has 0 atom stereocenters. The van der Waals surface area contributed by atoms with Gasteiger partial charge >= 0.3 is 0 Å². The van der Waals surface area contributed by atoms with E-state index >= 15 is 0 Å². The molecule has 2 aliphatic rings. The van der Waals surface area contributed by atoms with Crippen molar-refractivity contribution in [1.29, 1.82) is 0 Å². The van der Waals surface area contributed by atoms with E-state index < -0.39 is 0 Å². The van der Waals surface area contributed by atoms with Gasteiger partial charge in [0, 0.05) is 31.6 Å². The van der Waals surface area contributed by atoms with Crippen molar-refractivity contribution in [3.8, 4) is 5.75 Å². The van der Waals surface area contributed by atoms with Gasteiger partial charge in [0.25, 0.3) is 0 Å². The van der Waals surface area contributed by atoms with Gasteiger partial charge in [0.1, 0.15) is 12.8 Å². The van der Waals surface area contributed by atoms with Crippen LogP contribution >= 0.6 is 0 Å². The van der Waals surface area contributed by atoms with Crippen LogP contribution in [0.2, 0.25) is 0 Å². The molecule has 0 bridgehead atoms. The predicted octanol–water partition coefficient (Wildman–Crippen LogP) is 4.89. The number of aromatic nitrogens is 1. The molecule has 4 rings (SSSR count). The first-order valence-corrected chi connectivity index (χ1v) is 10.3. The summed E-state index contributed by atoms with van der Waals surface area (Å²) in [7, 11) is 3.98. The molecule has 0 saturated heterocycles. The van der Waals surface area contributed by atoms with Gasteiger partial charge in [-0.15, -0.1) is 0 Å². The number of hydrogen-bond acceptors (Lipinski definition) is 3. The number of hydrogen-bond donors (Lipinski definition) is 1. The average molecular weight is 424 g/mol. The Morgan fingerprint density at radius 3 is 1.81 bits per heavy atom. The Kier molecular flexibility index (Phi) is 7.93. The summed E-state index contributed by atoms with van der Waals surface area (Å²) >= 11 is 0. The molecule has 2 heterocycles. The normalized spacial score (nSPS) is 14.6. The minimum absolute atomic E-state index is 0.0453. The quantitative estimate of drug-likeness (QED) is 0.715. The van der Waals surface area contributed by atoms with Gasteiger partial charge in [0.2, 0.25) is 0 Å². The molecule has 1 aromatic carbocycles. The lowest BCUT2D eigenvalue weighted by Crippen LogP contribution is -2.25. The third-order valence-electron chi connectivity index (χ3n) is 4.72. The summed E-state index contributed by atoms with van der Waals surface area (Å²) in [6.07, 6.45) is 27.0. The molecule has 0 fully saturated rings. The first-order chi connectivity index (χ1) is 15.5. The lowest BCUT2D eigenvalue weighted by Gasteiger charge is -2.11. The number of aryl methyl sites for hydroxylation is 1. The molecule has 1 aromatic heterocycles. The van der Waals surface area contributed by atoms with Gasteiger partial charge in [-0.2, -0.15) is 0 Å². The van der Waals surface area contributed by atoms with Crippen LogP contribution < -0.4 is 4.57 Å². The van der Waals surface area contributed by atoms with Gasteiger partial charge in [-0.05, 0) is 58.7 Å². The maximum Gasteiger partial charge on any atom is 0.178 e. The average Bonchev–Trinajstić information content (AvgIpc) is 2.81. The number of aromatic hydroxyl groups is 1. The van der Waals surface area contributed by atoms with Crippen LogP contribution in [0.5, 0.6) is 5.75 Å². The second-order valence-corrected chi connectivity index (χ2v) is 7.42. The Balaban J connectivity index is 0.000000181. The van der Waals surface area contributed by atoms with Crippen molar-refractivity contribution in [2.45, 2.75) is 0 Å². The molecule has 32 heavy (non-hydrogen) atoms. The number of benzene rings is 1. The molecule has 0 radical (unpaired) electrons. The fraction of sp³-hybridized carbons (Fsp3) is 0.0714. The number of phenolic OH excluding ortho intramolecular Hbond substituents is 1. The Morgan fingerprint density at radius 2 is 1.25 bits per heavy atom. The summed E-state index contributed by atoms with van der Waals surface area (Å²) < 4.78 is 2.00. The highest BCUT2D eigenvalue weighted by molar-refractivity contribution is 6.01. The molecule has 4 heteroatoms. The molecule has 0 spiro atoms. The van der Waals surface area contributed by atoms with Gasteiger partial charge in [-0.25, -0.2) is 4.57 Å². The van der Waals surface area contributed by atoms with E-state index in [1.165, 1.54) is 0 Å². The number of ketones is 1. The van der Waals surface area contributed by atoms with Crippen LogP contribution in [-0.4, -0.2) is 22.8 Å². The summed E-state index contributed by atoms with van der Waals surface area (Å²) in [5.41, 5.74) is 4.41. The lowest BCUT2D eigenvalue weighted by atomic mass is 10.1. The second-order valence-electron chi connectivity index (χ2n) is 7.42. The van der Waals surface area contributed by atoms with E-state index in [-0.39, 0.29) is 5.78 Å². The van der Waals surface area contributed by atoms with Gasteiger partial charge in [-0.3, -0.25) is 4.79 Å². The summed E-state index contributed by atoms with van der Waals surface area (Å²) in [6, 6.07) is 11.2. The number of allylic oxidation sites excluding steroid dienone is 10. The third kappa shape index (κ3) is 7.58. The van der Waals surface area contributed by atoms with Crippen molar-refractivity contribution in [2.24, 2.45) is 7.05 Å². The van der Waals surface area contributed by atoms with Crippen LogP contribution in [0.3, 0.4) is 0 Å². The Bertz CT molecular complexity index is 1060. The summed E-state index contributed by atoms with van der Waals surface area (Å²) in [6.45, 7) is 0. The van der Waals surface area contributed by atoms with E-state index in [1.54, 1.807) is 24.3 Å². The van der Waals surface area contributed by atoms with Gasteiger partial charge in [-0.1, -0.05) is 48.6 Å². The van der Waals surface area contributed by atoms with Crippen LogP contribution in [0, 0.1) is 0 Å². The number of nitrogens with zero attached hydrogens (tertiary/aromatic N) is 2. The van der Waals surface area contributed by atoms with Crippen molar-refractivity contribution in [3.63, 3.8) is 0 Å². The molecule has 160 valence electrons. The van der Waals surface area contributed by atoms with Gasteiger partial charge in [0.15, 0.2) is 18.2 Å². The molecule has 1 aliphatic carbocycles. The van der Waals surface area contributed by atoms with E-state index in [2.05, 4.69) is 12.1 Å². The predicted molar refractivity (Wildman–Crippen MR) is 130 cm³/mol. The van der Waals surface area contributed by atoms with E-state index in [0.717, 1.165) is 22.3 Å². The van der Waals surface area contributed by atoms with Crippen LogP contribution in [0.25, 0.3) is 12.2 Å². The number of carbonyl (C=O) groups excluding carboxylic acids is 1. The van der Waals surface area contributed by atoms with E-state index in [1.807, 2.05) is 109 Å². The van der Waals surface area contributed by atoms with Crippen LogP contribution in [0.15, 0.2) is 121 Å². The highest BCUT2D eigenvalue weighted by Gasteiger charge is 1.98. The zero-order valence-electron chi connectivity index (χ0n) is 18.3. The minimum Gasteiger partial charge on any atom is -0.508 e. The minimum atomic E-state index is 0.0453. The van der Waals surface area contributed by atoms with Crippen molar-refractivity contribution in [1.82, 2.24) is 4.90 Å². The van der Waals surface area contributed by atoms with Crippen molar-refractivity contribution >= 4 is 17.9 Å². The van der Waals surface area contributed by atoms with E-state index in [9.17, 15) is 4.79 Å². The molecule has 2 aromatic rings. The highest BCUT2D eigenvalue weighted by Crippen LogP contribution is 2.13. The lowest BCUT2D eigenvalue weighted by molar-refractivity contribution is -0.671. The fourth-order valence-electron chi connectivity index (χ4n) is 2.80. The molecule has 0 saturated carbocycles. The van der Waals surface area contributed by atoms with Gasteiger partial charge < -0.3 is 10.0 Å². The largest absolute Gasteiger partial charge is 0.508 e. The highest BCUT2D eigenvalue weighted by atomic mass is 16.3. The SMILES string of the molecule is CN1C=CC(=CC=C2C=CC(=O)C=C2)C=C1.C[n+]1ccc(/C=C/c2ccc(O)cc2)cc1. The topological polar surface area (TPSA) is 44.4 Å². The van der Waals surface area contributed by atoms with Crippen molar-refractivity contribution < 1.29 is 14.5 Å². The number of pyridine rings is 1.